The number of rotatable bonds is 1. The van der Waals surface area contributed by atoms with Crippen LogP contribution in [0, 0.1) is 11.3 Å². The summed E-state index contributed by atoms with van der Waals surface area (Å²) in [5, 5.41) is 8.49. The van der Waals surface area contributed by atoms with Crippen LogP contribution in [0.3, 0.4) is 0 Å². The Balaban J connectivity index is 3.25. The molecule has 0 bridgehead atoms. The molecule has 0 saturated carbocycles. The molecule has 3 nitrogen and oxygen atoms in total. The maximum atomic E-state index is 10.2. The Hall–Kier alpha value is -1.82. The van der Waals surface area contributed by atoms with E-state index in [1.807, 2.05) is 6.07 Å². The second-order valence-electron chi connectivity index (χ2n) is 2.08. The molecule has 2 N–H and O–H groups in total. The summed E-state index contributed by atoms with van der Waals surface area (Å²) in [5.41, 5.74) is 6.63. The molecular weight excluding hydrogens is 140 g/mol. The third-order valence-electron chi connectivity index (χ3n) is 1.33. The Morgan fingerprint density at radius 1 is 1.55 bits per heavy atom. The number of benzene rings is 1. The van der Waals surface area contributed by atoms with E-state index in [1.165, 1.54) is 6.07 Å². The molecule has 0 saturated heterocycles. The number of nitriles is 1. The molecule has 0 aromatic heterocycles. The highest BCUT2D eigenvalue weighted by atomic mass is 16.1. The van der Waals surface area contributed by atoms with Crippen LogP contribution in [0.1, 0.15) is 15.9 Å². The second kappa shape index (κ2) is 2.84. The van der Waals surface area contributed by atoms with E-state index >= 15 is 0 Å². The SMILES string of the molecule is N#Cc1cc(C=O)ccc1N. The molecule has 0 radical (unpaired) electrons. The summed E-state index contributed by atoms with van der Waals surface area (Å²) < 4.78 is 0. The van der Waals surface area contributed by atoms with Gasteiger partial charge < -0.3 is 5.73 Å². The first-order chi connectivity index (χ1) is 5.27. The van der Waals surface area contributed by atoms with E-state index in [9.17, 15) is 4.79 Å². The predicted molar refractivity (Wildman–Crippen MR) is 41.0 cm³/mol. The minimum atomic E-state index is 0.342. The Morgan fingerprint density at radius 3 is 2.82 bits per heavy atom. The van der Waals surface area contributed by atoms with Crippen LogP contribution in [0.5, 0.6) is 0 Å². The molecular formula is C8H6N2O. The third kappa shape index (κ3) is 1.36. The summed E-state index contributed by atoms with van der Waals surface area (Å²) in [6.45, 7) is 0. The lowest BCUT2D eigenvalue weighted by atomic mass is 10.1. The lowest BCUT2D eigenvalue weighted by Crippen LogP contribution is -1.91. The Bertz CT molecular complexity index is 325. The van der Waals surface area contributed by atoms with E-state index in [0.29, 0.717) is 23.1 Å². The maximum absolute atomic E-state index is 10.2. The number of nitrogens with two attached hydrogens (primary N) is 1. The monoisotopic (exact) mass is 146 g/mol. The molecule has 1 rings (SSSR count). The average Bonchev–Trinajstić information content (AvgIpc) is 2.05. The smallest absolute Gasteiger partial charge is 0.150 e. The number of carbonyl (C=O) groups is 1. The lowest BCUT2D eigenvalue weighted by Gasteiger charge is -1.95. The first kappa shape index (κ1) is 7.29. The molecule has 0 spiro atoms. The minimum absolute atomic E-state index is 0.342. The van der Waals surface area contributed by atoms with E-state index in [0.717, 1.165) is 0 Å². The van der Waals surface area contributed by atoms with Crippen LogP contribution in [0.25, 0.3) is 0 Å². The molecule has 0 amide bonds. The Labute approximate surface area is 64.1 Å². The van der Waals surface area contributed by atoms with Gasteiger partial charge in [-0.15, -0.1) is 0 Å². The van der Waals surface area contributed by atoms with E-state index < -0.39 is 0 Å². The number of hydrogen-bond acceptors (Lipinski definition) is 3. The molecule has 0 aliphatic carbocycles. The fraction of sp³-hybridized carbons (Fsp3) is 0. The van der Waals surface area contributed by atoms with Gasteiger partial charge >= 0.3 is 0 Å². The lowest BCUT2D eigenvalue weighted by molar-refractivity contribution is 0.112. The summed E-state index contributed by atoms with van der Waals surface area (Å²) in [7, 11) is 0. The van der Waals surface area contributed by atoms with Gasteiger partial charge in [-0.3, -0.25) is 4.79 Å². The van der Waals surface area contributed by atoms with Crippen molar-refractivity contribution < 1.29 is 4.79 Å². The van der Waals surface area contributed by atoms with Crippen LogP contribution in [-0.2, 0) is 0 Å². The number of carbonyl (C=O) groups excluding carboxylic acids is 1. The Morgan fingerprint density at radius 2 is 2.27 bits per heavy atom. The molecule has 0 heterocycles. The predicted octanol–water partition coefficient (Wildman–Crippen LogP) is 0.953. The van der Waals surface area contributed by atoms with Crippen molar-refractivity contribution in [3.8, 4) is 6.07 Å². The van der Waals surface area contributed by atoms with Crippen LogP contribution in [0.15, 0.2) is 18.2 Å². The quantitative estimate of drug-likeness (QED) is 0.473. The molecule has 3 heteroatoms. The van der Waals surface area contributed by atoms with Gasteiger partial charge in [-0.05, 0) is 18.2 Å². The Kier molecular flexibility index (Phi) is 1.88. The number of nitrogens with zero attached hydrogens (tertiary/aromatic N) is 1. The van der Waals surface area contributed by atoms with Crippen molar-refractivity contribution in [3.05, 3.63) is 29.3 Å². The molecule has 0 aliphatic rings. The van der Waals surface area contributed by atoms with E-state index in [4.69, 9.17) is 11.0 Å². The van der Waals surface area contributed by atoms with E-state index in [2.05, 4.69) is 0 Å². The molecule has 0 aliphatic heterocycles. The standard InChI is InChI=1S/C8H6N2O/c9-4-7-3-6(5-11)1-2-8(7)10/h1-3,5H,10H2. The molecule has 54 valence electrons. The first-order valence-corrected chi connectivity index (χ1v) is 3.02. The summed E-state index contributed by atoms with van der Waals surface area (Å²) in [6, 6.07) is 6.46. The van der Waals surface area contributed by atoms with Gasteiger partial charge in [0.25, 0.3) is 0 Å². The van der Waals surface area contributed by atoms with Gasteiger partial charge in [0.15, 0.2) is 0 Å². The van der Waals surface area contributed by atoms with Gasteiger partial charge in [-0.2, -0.15) is 5.26 Å². The van der Waals surface area contributed by atoms with Gasteiger partial charge in [-0.1, -0.05) is 0 Å². The van der Waals surface area contributed by atoms with Crippen LogP contribution in [-0.4, -0.2) is 6.29 Å². The fourth-order valence-electron chi connectivity index (χ4n) is 0.744. The summed E-state index contributed by atoms with van der Waals surface area (Å²) >= 11 is 0. The third-order valence-corrected chi connectivity index (χ3v) is 1.33. The number of nitrogen functional groups attached to an aromatic ring is 1. The molecule has 11 heavy (non-hydrogen) atoms. The number of anilines is 1. The van der Waals surface area contributed by atoms with Crippen molar-refractivity contribution in [2.24, 2.45) is 0 Å². The van der Waals surface area contributed by atoms with Gasteiger partial charge in [0, 0.05) is 11.3 Å². The highest BCUT2D eigenvalue weighted by molar-refractivity contribution is 5.77. The van der Waals surface area contributed by atoms with Crippen molar-refractivity contribution in [3.63, 3.8) is 0 Å². The molecule has 0 unspecified atom stereocenters. The fourth-order valence-corrected chi connectivity index (χ4v) is 0.744. The zero-order chi connectivity index (χ0) is 8.27. The highest BCUT2D eigenvalue weighted by Gasteiger charge is 1.97. The zero-order valence-corrected chi connectivity index (χ0v) is 5.74. The van der Waals surface area contributed by atoms with Crippen molar-refractivity contribution in [1.29, 1.82) is 5.26 Å². The maximum Gasteiger partial charge on any atom is 0.150 e. The van der Waals surface area contributed by atoms with Crippen LogP contribution >= 0.6 is 0 Å². The van der Waals surface area contributed by atoms with Crippen molar-refractivity contribution in [1.82, 2.24) is 0 Å². The summed E-state index contributed by atoms with van der Waals surface area (Å²) in [5.74, 6) is 0. The van der Waals surface area contributed by atoms with Crippen molar-refractivity contribution in [2.75, 3.05) is 5.73 Å². The molecule has 0 atom stereocenters. The van der Waals surface area contributed by atoms with Crippen LogP contribution < -0.4 is 5.73 Å². The molecule has 1 aromatic carbocycles. The van der Waals surface area contributed by atoms with Crippen LogP contribution in [0.2, 0.25) is 0 Å². The number of aldehydes is 1. The minimum Gasteiger partial charge on any atom is -0.398 e. The summed E-state index contributed by atoms with van der Waals surface area (Å²) in [6.07, 6.45) is 0.681. The van der Waals surface area contributed by atoms with Gasteiger partial charge in [0.05, 0.1) is 5.56 Å². The van der Waals surface area contributed by atoms with Gasteiger partial charge in [0.1, 0.15) is 12.4 Å². The topological polar surface area (TPSA) is 66.9 Å². The normalized spacial score (nSPS) is 8.64. The van der Waals surface area contributed by atoms with E-state index in [-0.39, 0.29) is 0 Å². The largest absolute Gasteiger partial charge is 0.398 e. The first-order valence-electron chi connectivity index (χ1n) is 3.02. The van der Waals surface area contributed by atoms with E-state index in [1.54, 1.807) is 12.1 Å². The average molecular weight is 146 g/mol. The zero-order valence-electron chi connectivity index (χ0n) is 5.74. The van der Waals surface area contributed by atoms with Crippen molar-refractivity contribution >= 4 is 12.0 Å². The van der Waals surface area contributed by atoms with Gasteiger partial charge in [-0.25, -0.2) is 0 Å². The van der Waals surface area contributed by atoms with Gasteiger partial charge in [0.2, 0.25) is 0 Å². The second-order valence-corrected chi connectivity index (χ2v) is 2.08. The molecule has 1 aromatic rings. The summed E-state index contributed by atoms with van der Waals surface area (Å²) in [4.78, 5) is 10.2. The molecule has 0 fully saturated rings. The number of hydrogen-bond donors (Lipinski definition) is 1. The highest BCUT2D eigenvalue weighted by Crippen LogP contribution is 2.10. The van der Waals surface area contributed by atoms with Crippen LogP contribution in [0.4, 0.5) is 5.69 Å². The van der Waals surface area contributed by atoms with Crippen molar-refractivity contribution in [2.45, 2.75) is 0 Å².